The molecule has 0 fully saturated rings. The summed E-state index contributed by atoms with van der Waals surface area (Å²) in [5.41, 5.74) is 2.33. The average molecular weight is 315 g/mol. The van der Waals surface area contributed by atoms with Gasteiger partial charge in [-0.1, -0.05) is 30.7 Å². The van der Waals surface area contributed by atoms with Crippen molar-refractivity contribution in [3.63, 3.8) is 0 Å². The Labute approximate surface area is 138 Å². The topological polar surface area (TPSA) is 39.7 Å². The Bertz CT molecular complexity index is 596. The van der Waals surface area contributed by atoms with Gasteiger partial charge in [-0.2, -0.15) is 0 Å². The minimum absolute atomic E-state index is 0.486. The van der Waals surface area contributed by atoms with Crippen molar-refractivity contribution in [2.24, 2.45) is 0 Å². The van der Waals surface area contributed by atoms with E-state index in [9.17, 15) is 0 Å². The van der Waals surface area contributed by atoms with Crippen LogP contribution in [0, 0.1) is 6.92 Å². The Balaban J connectivity index is 1.89. The van der Waals surface area contributed by atoms with Crippen LogP contribution in [0.1, 0.15) is 18.1 Å². The van der Waals surface area contributed by atoms with E-state index in [1.165, 1.54) is 5.56 Å². The third-order valence-corrected chi connectivity index (χ3v) is 3.47. The van der Waals surface area contributed by atoms with E-state index >= 15 is 0 Å². The van der Waals surface area contributed by atoms with Crippen LogP contribution < -0.4 is 19.5 Å². The Hall–Kier alpha value is -2.20. The van der Waals surface area contributed by atoms with Crippen LogP contribution in [0.3, 0.4) is 0 Å². The monoisotopic (exact) mass is 315 g/mol. The smallest absolute Gasteiger partial charge is 0.127 e. The van der Waals surface area contributed by atoms with Gasteiger partial charge in [-0.15, -0.1) is 0 Å². The average Bonchev–Trinajstić information content (AvgIpc) is 2.59. The highest BCUT2D eigenvalue weighted by molar-refractivity contribution is 5.40. The first-order chi connectivity index (χ1) is 11.2. The van der Waals surface area contributed by atoms with Crippen molar-refractivity contribution in [1.29, 1.82) is 0 Å². The summed E-state index contributed by atoms with van der Waals surface area (Å²) in [5, 5.41) is 3.31. The summed E-state index contributed by atoms with van der Waals surface area (Å²) in [6, 6.07) is 13.9. The van der Waals surface area contributed by atoms with Crippen molar-refractivity contribution >= 4 is 0 Å². The largest absolute Gasteiger partial charge is 0.497 e. The molecule has 23 heavy (non-hydrogen) atoms. The third-order valence-electron chi connectivity index (χ3n) is 3.47. The van der Waals surface area contributed by atoms with Gasteiger partial charge in [-0.25, -0.2) is 0 Å². The Morgan fingerprint density at radius 3 is 2.30 bits per heavy atom. The molecule has 0 heterocycles. The molecule has 0 saturated carbocycles. The maximum atomic E-state index is 5.88. The van der Waals surface area contributed by atoms with Crippen LogP contribution in [0.15, 0.2) is 42.5 Å². The number of methoxy groups -OCH3 is 1. The van der Waals surface area contributed by atoms with E-state index in [4.69, 9.17) is 14.2 Å². The predicted octanol–water partition coefficient (Wildman–Crippen LogP) is 3.57. The van der Waals surface area contributed by atoms with Gasteiger partial charge in [0, 0.05) is 18.2 Å². The van der Waals surface area contributed by atoms with Gasteiger partial charge in [0.2, 0.25) is 0 Å². The Morgan fingerprint density at radius 2 is 1.61 bits per heavy atom. The summed E-state index contributed by atoms with van der Waals surface area (Å²) in [4.78, 5) is 0. The summed E-state index contributed by atoms with van der Waals surface area (Å²) < 4.78 is 16.8. The maximum Gasteiger partial charge on any atom is 0.127 e. The summed E-state index contributed by atoms with van der Waals surface area (Å²) >= 11 is 0. The van der Waals surface area contributed by atoms with Gasteiger partial charge in [0.15, 0.2) is 0 Å². The first-order valence-corrected chi connectivity index (χ1v) is 7.93. The highest BCUT2D eigenvalue weighted by Gasteiger charge is 2.06. The zero-order chi connectivity index (χ0) is 16.5. The second-order valence-electron chi connectivity index (χ2n) is 5.26. The van der Waals surface area contributed by atoms with Crippen LogP contribution in [-0.4, -0.2) is 26.9 Å². The van der Waals surface area contributed by atoms with Crippen molar-refractivity contribution in [3.8, 4) is 17.2 Å². The molecule has 0 aliphatic heterocycles. The minimum Gasteiger partial charge on any atom is -0.497 e. The van der Waals surface area contributed by atoms with Gasteiger partial charge in [0.1, 0.15) is 30.5 Å². The van der Waals surface area contributed by atoms with E-state index in [0.717, 1.165) is 35.9 Å². The number of benzene rings is 2. The van der Waals surface area contributed by atoms with Gasteiger partial charge in [-0.05, 0) is 31.7 Å². The molecule has 124 valence electrons. The summed E-state index contributed by atoms with van der Waals surface area (Å²) in [7, 11) is 1.66. The molecule has 0 saturated heterocycles. The van der Waals surface area contributed by atoms with Crippen LogP contribution >= 0.6 is 0 Å². The predicted molar refractivity (Wildman–Crippen MR) is 92.5 cm³/mol. The van der Waals surface area contributed by atoms with Gasteiger partial charge < -0.3 is 19.5 Å². The first kappa shape index (κ1) is 17.2. The van der Waals surface area contributed by atoms with E-state index in [1.54, 1.807) is 7.11 Å². The molecule has 2 aromatic carbocycles. The number of rotatable bonds is 9. The quantitative estimate of drug-likeness (QED) is 0.718. The molecule has 4 heteroatoms. The molecule has 0 spiro atoms. The molecule has 0 unspecified atom stereocenters. The van der Waals surface area contributed by atoms with Crippen LogP contribution in [0.5, 0.6) is 17.2 Å². The van der Waals surface area contributed by atoms with Gasteiger partial charge in [0.05, 0.1) is 7.11 Å². The second-order valence-corrected chi connectivity index (χ2v) is 5.26. The fourth-order valence-electron chi connectivity index (χ4n) is 2.15. The Kier molecular flexibility index (Phi) is 6.76. The zero-order valence-corrected chi connectivity index (χ0v) is 14.1. The summed E-state index contributed by atoms with van der Waals surface area (Å²) in [6.45, 7) is 6.82. The molecule has 1 N–H and O–H groups in total. The molecular weight excluding hydrogens is 290 g/mol. The molecule has 4 nitrogen and oxygen atoms in total. The third kappa shape index (κ3) is 5.49. The van der Waals surface area contributed by atoms with Crippen molar-refractivity contribution in [1.82, 2.24) is 5.32 Å². The summed E-state index contributed by atoms with van der Waals surface area (Å²) in [5.74, 6) is 2.48. The highest BCUT2D eigenvalue weighted by Crippen LogP contribution is 2.25. The first-order valence-electron chi connectivity index (χ1n) is 7.93. The lowest BCUT2D eigenvalue weighted by molar-refractivity contribution is 0.215. The van der Waals surface area contributed by atoms with E-state index in [1.807, 2.05) is 42.5 Å². The molecule has 2 aromatic rings. The van der Waals surface area contributed by atoms with Gasteiger partial charge >= 0.3 is 0 Å². The fourth-order valence-corrected chi connectivity index (χ4v) is 2.15. The van der Waals surface area contributed by atoms with Crippen LogP contribution in [0.4, 0.5) is 0 Å². The molecule has 0 amide bonds. The highest BCUT2D eigenvalue weighted by atomic mass is 16.5. The lowest BCUT2D eigenvalue weighted by Crippen LogP contribution is -2.14. The van der Waals surface area contributed by atoms with Crippen LogP contribution in [0.25, 0.3) is 0 Å². The number of ether oxygens (including phenoxy) is 3. The maximum absolute atomic E-state index is 5.88. The molecule has 2 rings (SSSR count). The van der Waals surface area contributed by atoms with E-state index in [0.29, 0.717) is 13.2 Å². The zero-order valence-electron chi connectivity index (χ0n) is 14.1. The molecule has 0 bridgehead atoms. The molecule has 0 radical (unpaired) electrons. The second kappa shape index (κ2) is 9.06. The molecule has 0 atom stereocenters. The number of hydrogen-bond acceptors (Lipinski definition) is 4. The normalized spacial score (nSPS) is 10.4. The summed E-state index contributed by atoms with van der Waals surface area (Å²) in [6.07, 6.45) is 0. The molecule has 0 aromatic heterocycles. The lowest BCUT2D eigenvalue weighted by atomic mass is 10.2. The fraction of sp³-hybridized carbons (Fsp3) is 0.368. The van der Waals surface area contributed by atoms with Crippen molar-refractivity contribution in [2.75, 3.05) is 26.9 Å². The SMILES string of the molecule is CCNCc1ccc(OC)cc1OCCOc1ccc(C)cc1. The van der Waals surface area contributed by atoms with E-state index in [2.05, 4.69) is 19.2 Å². The molecular formula is C19H25NO3. The van der Waals surface area contributed by atoms with Gasteiger partial charge in [-0.3, -0.25) is 0 Å². The van der Waals surface area contributed by atoms with Crippen molar-refractivity contribution < 1.29 is 14.2 Å². The van der Waals surface area contributed by atoms with Crippen molar-refractivity contribution in [3.05, 3.63) is 53.6 Å². The number of hydrogen-bond donors (Lipinski definition) is 1. The van der Waals surface area contributed by atoms with Gasteiger partial charge in [0.25, 0.3) is 0 Å². The van der Waals surface area contributed by atoms with E-state index in [-0.39, 0.29) is 0 Å². The number of nitrogens with one attached hydrogen (secondary N) is 1. The minimum atomic E-state index is 0.486. The lowest BCUT2D eigenvalue weighted by Gasteiger charge is -2.14. The standard InChI is InChI=1S/C19H25NO3/c1-4-20-14-16-7-10-18(21-3)13-19(16)23-12-11-22-17-8-5-15(2)6-9-17/h5-10,13,20H,4,11-12,14H2,1-3H3. The number of aryl methyl sites for hydroxylation is 1. The van der Waals surface area contributed by atoms with Crippen LogP contribution in [-0.2, 0) is 6.54 Å². The van der Waals surface area contributed by atoms with E-state index < -0.39 is 0 Å². The van der Waals surface area contributed by atoms with Crippen molar-refractivity contribution in [2.45, 2.75) is 20.4 Å². The molecule has 0 aliphatic carbocycles. The van der Waals surface area contributed by atoms with Crippen LogP contribution in [0.2, 0.25) is 0 Å². The Morgan fingerprint density at radius 1 is 0.913 bits per heavy atom. The molecule has 0 aliphatic rings.